The lowest BCUT2D eigenvalue weighted by atomic mass is 10.3. The Hall–Kier alpha value is -1.33. The molecule has 3 N–H and O–H groups in total. The van der Waals surface area contributed by atoms with E-state index in [1.54, 1.807) is 12.3 Å². The van der Waals surface area contributed by atoms with Crippen molar-refractivity contribution in [3.8, 4) is 5.75 Å². The van der Waals surface area contributed by atoms with E-state index in [-0.39, 0.29) is 5.91 Å². The molecule has 15 heavy (non-hydrogen) atoms. The Morgan fingerprint density at radius 1 is 1.60 bits per heavy atom. The van der Waals surface area contributed by atoms with Crippen LogP contribution in [0.4, 0.5) is 0 Å². The van der Waals surface area contributed by atoms with E-state index in [4.69, 9.17) is 22.2 Å². The number of nitrogens with two attached hydrogens (primary N) is 1. The molecule has 1 heterocycles. The van der Waals surface area contributed by atoms with Crippen LogP contribution in [0.25, 0.3) is 0 Å². The van der Waals surface area contributed by atoms with Crippen LogP contribution in [-0.4, -0.2) is 17.5 Å². The fraction of sp³-hybridized carbons (Fsp3) is 0.333. The molecule has 1 aromatic rings. The Labute approximate surface area is 92.5 Å². The fourth-order valence-corrected chi connectivity index (χ4v) is 1.13. The van der Waals surface area contributed by atoms with E-state index in [0.717, 1.165) is 0 Å². The van der Waals surface area contributed by atoms with Crippen molar-refractivity contribution in [3.63, 3.8) is 0 Å². The Morgan fingerprint density at radius 2 is 2.40 bits per heavy atom. The number of rotatable bonds is 5. The van der Waals surface area contributed by atoms with E-state index in [1.165, 1.54) is 6.20 Å². The topological polar surface area (TPSA) is 77.2 Å². The van der Waals surface area contributed by atoms with Gasteiger partial charge in [0.1, 0.15) is 5.75 Å². The molecule has 0 saturated carbocycles. The number of nitrogens with zero attached hydrogens (tertiary/aromatic N) is 1. The van der Waals surface area contributed by atoms with Crippen LogP contribution < -0.4 is 16.0 Å². The second-order valence-corrected chi connectivity index (χ2v) is 3.29. The molecule has 0 unspecified atom stereocenters. The smallest absolute Gasteiger partial charge is 0.234 e. The van der Waals surface area contributed by atoms with E-state index in [2.05, 4.69) is 4.98 Å². The second kappa shape index (κ2) is 6.21. The number of aromatic nitrogens is 1. The van der Waals surface area contributed by atoms with Crippen molar-refractivity contribution in [1.82, 2.24) is 10.4 Å². The maximum atomic E-state index is 10.8. The number of amides is 1. The molecule has 1 amide bonds. The zero-order chi connectivity index (χ0) is 11.1. The molecule has 5 nitrogen and oxygen atoms in total. The van der Waals surface area contributed by atoms with E-state index < -0.39 is 0 Å². The van der Waals surface area contributed by atoms with Crippen LogP contribution in [-0.2, 0) is 4.79 Å². The summed E-state index contributed by atoms with van der Waals surface area (Å²) in [5, 5.41) is 0.521. The van der Waals surface area contributed by atoms with Crippen LogP contribution in [0.15, 0.2) is 18.5 Å². The molecule has 0 saturated heterocycles. The third-order valence-corrected chi connectivity index (χ3v) is 1.86. The van der Waals surface area contributed by atoms with Gasteiger partial charge in [-0.3, -0.25) is 15.2 Å². The van der Waals surface area contributed by atoms with E-state index in [1.807, 2.05) is 5.43 Å². The Bertz CT molecular complexity index is 333. The van der Waals surface area contributed by atoms with Crippen molar-refractivity contribution in [3.05, 3.63) is 23.5 Å². The van der Waals surface area contributed by atoms with Crippen molar-refractivity contribution in [2.45, 2.75) is 12.8 Å². The predicted molar refractivity (Wildman–Crippen MR) is 56.3 cm³/mol. The van der Waals surface area contributed by atoms with Crippen molar-refractivity contribution in [2.24, 2.45) is 5.84 Å². The van der Waals surface area contributed by atoms with E-state index in [9.17, 15) is 4.79 Å². The molecule has 0 bridgehead atoms. The van der Waals surface area contributed by atoms with Gasteiger partial charge in [0.15, 0.2) is 0 Å². The highest BCUT2D eigenvalue weighted by Gasteiger charge is 1.99. The Kier molecular flexibility index (Phi) is 4.86. The summed E-state index contributed by atoms with van der Waals surface area (Å²) in [7, 11) is 0. The molecular formula is C9H12ClN3O2. The molecule has 0 radical (unpaired) electrons. The highest BCUT2D eigenvalue weighted by Crippen LogP contribution is 2.15. The fourth-order valence-electron chi connectivity index (χ4n) is 0.966. The number of carbonyl (C=O) groups excluding carboxylic acids is 1. The molecule has 0 aliphatic carbocycles. The summed E-state index contributed by atoms with van der Waals surface area (Å²) in [5.41, 5.74) is 2.04. The van der Waals surface area contributed by atoms with Crippen LogP contribution in [0.5, 0.6) is 5.75 Å². The average molecular weight is 230 g/mol. The minimum Gasteiger partial charge on any atom is -0.492 e. The lowest BCUT2D eigenvalue weighted by molar-refractivity contribution is -0.121. The van der Waals surface area contributed by atoms with E-state index in [0.29, 0.717) is 30.2 Å². The molecule has 1 rings (SSSR count). The van der Waals surface area contributed by atoms with Crippen LogP contribution >= 0.6 is 11.6 Å². The number of hydrazine groups is 1. The summed E-state index contributed by atoms with van der Waals surface area (Å²) in [4.78, 5) is 14.6. The predicted octanol–water partition coefficient (Wildman–Crippen LogP) is 0.884. The number of nitrogens with one attached hydrogen (secondary N) is 1. The summed E-state index contributed by atoms with van der Waals surface area (Å²) >= 11 is 5.71. The van der Waals surface area contributed by atoms with Crippen LogP contribution in [0.1, 0.15) is 12.8 Å². The van der Waals surface area contributed by atoms with Gasteiger partial charge >= 0.3 is 0 Å². The SMILES string of the molecule is NNC(=O)CCCOc1cncc(Cl)c1. The minimum atomic E-state index is -0.206. The Morgan fingerprint density at radius 3 is 3.07 bits per heavy atom. The van der Waals surface area contributed by atoms with Gasteiger partial charge < -0.3 is 4.74 Å². The maximum absolute atomic E-state index is 10.8. The maximum Gasteiger partial charge on any atom is 0.234 e. The van der Waals surface area contributed by atoms with Crippen LogP contribution in [0.2, 0.25) is 5.02 Å². The molecule has 0 aliphatic rings. The molecule has 6 heteroatoms. The van der Waals surface area contributed by atoms with Gasteiger partial charge in [0.25, 0.3) is 0 Å². The second-order valence-electron chi connectivity index (χ2n) is 2.86. The van der Waals surface area contributed by atoms with Gasteiger partial charge in [-0.1, -0.05) is 11.6 Å². The lowest BCUT2D eigenvalue weighted by Crippen LogP contribution is -2.29. The molecule has 0 fully saturated rings. The van der Waals surface area contributed by atoms with Crippen molar-refractivity contribution in [1.29, 1.82) is 0 Å². The van der Waals surface area contributed by atoms with E-state index >= 15 is 0 Å². The molecular weight excluding hydrogens is 218 g/mol. The summed E-state index contributed by atoms with van der Waals surface area (Å²) in [5.74, 6) is 5.30. The third kappa shape index (κ3) is 4.62. The highest BCUT2D eigenvalue weighted by atomic mass is 35.5. The highest BCUT2D eigenvalue weighted by molar-refractivity contribution is 6.30. The quantitative estimate of drug-likeness (QED) is 0.340. The normalized spacial score (nSPS) is 9.73. The number of hydrogen-bond donors (Lipinski definition) is 2. The number of hydrogen-bond acceptors (Lipinski definition) is 4. The molecule has 0 aliphatic heterocycles. The van der Waals surface area contributed by atoms with Gasteiger partial charge in [-0.2, -0.15) is 0 Å². The van der Waals surface area contributed by atoms with Crippen molar-refractivity contribution in [2.75, 3.05) is 6.61 Å². The number of ether oxygens (including phenoxy) is 1. The first-order valence-corrected chi connectivity index (χ1v) is 4.83. The van der Waals surface area contributed by atoms with Crippen molar-refractivity contribution >= 4 is 17.5 Å². The third-order valence-electron chi connectivity index (χ3n) is 1.66. The first kappa shape index (κ1) is 11.7. The standard InChI is InChI=1S/C9H12ClN3O2/c10-7-4-8(6-12-5-7)15-3-1-2-9(14)13-11/h4-6H,1-3,11H2,(H,13,14). The summed E-state index contributed by atoms with van der Waals surface area (Å²) in [6.07, 6.45) is 4.02. The first-order chi connectivity index (χ1) is 7.22. The zero-order valence-corrected chi connectivity index (χ0v) is 8.83. The summed E-state index contributed by atoms with van der Waals surface area (Å²) in [6, 6.07) is 1.66. The van der Waals surface area contributed by atoms with Gasteiger partial charge in [0, 0.05) is 18.7 Å². The lowest BCUT2D eigenvalue weighted by Gasteiger charge is -2.05. The van der Waals surface area contributed by atoms with Gasteiger partial charge in [-0.15, -0.1) is 0 Å². The summed E-state index contributed by atoms with van der Waals surface area (Å²) in [6.45, 7) is 0.426. The van der Waals surface area contributed by atoms with Crippen LogP contribution in [0, 0.1) is 0 Å². The number of carbonyl (C=O) groups is 1. The molecule has 82 valence electrons. The molecule has 1 aromatic heterocycles. The monoisotopic (exact) mass is 229 g/mol. The number of halogens is 1. The first-order valence-electron chi connectivity index (χ1n) is 4.45. The number of pyridine rings is 1. The largest absolute Gasteiger partial charge is 0.492 e. The zero-order valence-electron chi connectivity index (χ0n) is 8.07. The molecule has 0 atom stereocenters. The van der Waals surface area contributed by atoms with Gasteiger partial charge in [-0.05, 0) is 6.42 Å². The van der Waals surface area contributed by atoms with Crippen LogP contribution in [0.3, 0.4) is 0 Å². The van der Waals surface area contributed by atoms with Gasteiger partial charge in [0.05, 0.1) is 17.8 Å². The molecule has 0 aromatic carbocycles. The van der Waals surface area contributed by atoms with Crippen molar-refractivity contribution < 1.29 is 9.53 Å². The van der Waals surface area contributed by atoms with Gasteiger partial charge in [0.2, 0.25) is 5.91 Å². The molecule has 0 spiro atoms. The average Bonchev–Trinajstić information content (AvgIpc) is 2.24. The Balaban J connectivity index is 2.23. The minimum absolute atomic E-state index is 0.206. The summed E-state index contributed by atoms with van der Waals surface area (Å²) < 4.78 is 5.31. The van der Waals surface area contributed by atoms with Gasteiger partial charge in [-0.25, -0.2) is 5.84 Å².